The molecule has 6 heteroatoms. The maximum Gasteiger partial charge on any atom is 0.276 e. The minimum Gasteiger partial charge on any atom is -0.495 e. The van der Waals surface area contributed by atoms with Gasteiger partial charge in [0.1, 0.15) is 11.6 Å². The van der Waals surface area contributed by atoms with Crippen molar-refractivity contribution >= 4 is 11.6 Å². The average Bonchev–Trinajstić information content (AvgIpc) is 3.10. The van der Waals surface area contributed by atoms with Gasteiger partial charge in [0.05, 0.1) is 18.5 Å². The van der Waals surface area contributed by atoms with Gasteiger partial charge in [-0.25, -0.2) is 9.07 Å². The zero-order valence-corrected chi connectivity index (χ0v) is 16.9. The van der Waals surface area contributed by atoms with Crippen molar-refractivity contribution in [1.29, 1.82) is 0 Å². The molecule has 1 amide bonds. The quantitative estimate of drug-likeness (QED) is 0.695. The van der Waals surface area contributed by atoms with E-state index in [0.717, 1.165) is 42.5 Å². The van der Waals surface area contributed by atoms with Crippen LogP contribution in [0.1, 0.15) is 45.7 Å². The van der Waals surface area contributed by atoms with Crippen LogP contribution in [0.2, 0.25) is 0 Å². The Labute approximate surface area is 169 Å². The Balaban J connectivity index is 1.74. The summed E-state index contributed by atoms with van der Waals surface area (Å²) in [5, 5.41) is 7.54. The summed E-state index contributed by atoms with van der Waals surface area (Å²) in [6.45, 7) is 3.68. The number of hydrogen-bond acceptors (Lipinski definition) is 3. The summed E-state index contributed by atoms with van der Waals surface area (Å²) in [4.78, 5) is 13.1. The minimum absolute atomic E-state index is 0.279. The molecule has 0 spiro atoms. The van der Waals surface area contributed by atoms with Crippen LogP contribution in [0.25, 0.3) is 5.69 Å². The Morgan fingerprint density at radius 1 is 1.14 bits per heavy atom. The minimum atomic E-state index is -0.280. The summed E-state index contributed by atoms with van der Waals surface area (Å²) >= 11 is 0. The van der Waals surface area contributed by atoms with E-state index in [4.69, 9.17) is 4.74 Å². The summed E-state index contributed by atoms with van der Waals surface area (Å²) < 4.78 is 21.2. The molecule has 1 aromatic heterocycles. The zero-order valence-electron chi connectivity index (χ0n) is 16.9. The first kappa shape index (κ1) is 19.2. The lowest BCUT2D eigenvalue weighted by Gasteiger charge is -2.15. The predicted octanol–water partition coefficient (Wildman–Crippen LogP) is 4.77. The Bertz CT molecular complexity index is 1090. The molecule has 0 aliphatic heterocycles. The second-order valence-corrected chi connectivity index (χ2v) is 7.48. The van der Waals surface area contributed by atoms with Crippen LogP contribution in [0.3, 0.4) is 0 Å². The molecule has 5 nitrogen and oxygen atoms in total. The molecule has 0 bridgehead atoms. The maximum absolute atomic E-state index is 14.1. The number of nitrogens with one attached hydrogen (secondary N) is 1. The molecule has 2 aromatic carbocycles. The molecule has 0 unspecified atom stereocenters. The SMILES string of the molecule is COc1ccc(C)cc1NC(=O)c1nn(-c2ccc(C)c(F)c2)c2c1CCCC2. The average molecular weight is 393 g/mol. The van der Waals surface area contributed by atoms with Crippen LogP contribution in [0, 0.1) is 19.7 Å². The van der Waals surface area contributed by atoms with Gasteiger partial charge < -0.3 is 10.1 Å². The number of rotatable bonds is 4. The number of nitrogens with zero attached hydrogens (tertiary/aromatic N) is 2. The summed E-state index contributed by atoms with van der Waals surface area (Å²) in [6, 6.07) is 10.7. The molecule has 0 saturated carbocycles. The van der Waals surface area contributed by atoms with E-state index in [1.54, 1.807) is 24.8 Å². The molecule has 1 N–H and O–H groups in total. The fraction of sp³-hybridized carbons (Fsp3) is 0.304. The van der Waals surface area contributed by atoms with E-state index in [0.29, 0.717) is 28.4 Å². The first-order valence-electron chi connectivity index (χ1n) is 9.81. The second kappa shape index (κ2) is 7.70. The number of ether oxygens (including phenoxy) is 1. The Kier molecular flexibility index (Phi) is 5.09. The highest BCUT2D eigenvalue weighted by Crippen LogP contribution is 2.30. The number of carbonyl (C=O) groups is 1. The van der Waals surface area contributed by atoms with Gasteiger partial charge in [0.25, 0.3) is 5.91 Å². The number of methoxy groups -OCH3 is 1. The number of aryl methyl sites for hydroxylation is 2. The number of hydrogen-bond donors (Lipinski definition) is 1. The maximum atomic E-state index is 14.1. The highest BCUT2D eigenvalue weighted by atomic mass is 19.1. The van der Waals surface area contributed by atoms with Crippen molar-refractivity contribution in [2.45, 2.75) is 39.5 Å². The van der Waals surface area contributed by atoms with Crippen LogP contribution in [0.5, 0.6) is 5.75 Å². The number of fused-ring (bicyclic) bond motifs is 1. The van der Waals surface area contributed by atoms with Crippen molar-refractivity contribution in [2.24, 2.45) is 0 Å². The van der Waals surface area contributed by atoms with Crippen LogP contribution in [-0.4, -0.2) is 22.8 Å². The van der Waals surface area contributed by atoms with E-state index < -0.39 is 0 Å². The van der Waals surface area contributed by atoms with Gasteiger partial charge in [-0.3, -0.25) is 4.79 Å². The van der Waals surface area contributed by atoms with Crippen LogP contribution in [-0.2, 0) is 12.8 Å². The summed E-state index contributed by atoms with van der Waals surface area (Å²) in [5.41, 5.74) is 5.17. The van der Waals surface area contributed by atoms with Gasteiger partial charge in [-0.1, -0.05) is 12.1 Å². The van der Waals surface area contributed by atoms with Gasteiger partial charge in [-0.2, -0.15) is 5.10 Å². The Hall–Kier alpha value is -3.15. The van der Waals surface area contributed by atoms with Crippen molar-refractivity contribution in [3.8, 4) is 11.4 Å². The van der Waals surface area contributed by atoms with Crippen LogP contribution < -0.4 is 10.1 Å². The zero-order chi connectivity index (χ0) is 20.5. The highest BCUT2D eigenvalue weighted by molar-refractivity contribution is 6.05. The number of amides is 1. The normalized spacial score (nSPS) is 13.1. The number of anilines is 1. The Morgan fingerprint density at radius 2 is 1.93 bits per heavy atom. The molecular formula is C23H24FN3O2. The number of aromatic nitrogens is 2. The lowest BCUT2D eigenvalue weighted by molar-refractivity contribution is 0.102. The van der Waals surface area contributed by atoms with Crippen LogP contribution >= 0.6 is 0 Å². The van der Waals surface area contributed by atoms with Crippen LogP contribution in [0.4, 0.5) is 10.1 Å². The largest absolute Gasteiger partial charge is 0.495 e. The van der Waals surface area contributed by atoms with E-state index in [9.17, 15) is 9.18 Å². The van der Waals surface area contributed by atoms with E-state index in [1.165, 1.54) is 6.07 Å². The predicted molar refractivity (Wildman–Crippen MR) is 111 cm³/mol. The lowest BCUT2D eigenvalue weighted by Crippen LogP contribution is -2.16. The standard InChI is InChI=1S/C23H24FN3O2/c1-14-8-11-21(29-3)19(12-14)25-23(28)22-17-6-4-5-7-20(17)27(26-22)16-10-9-15(2)18(24)13-16/h8-13H,4-7H2,1-3H3,(H,25,28). The smallest absolute Gasteiger partial charge is 0.276 e. The molecule has 0 radical (unpaired) electrons. The molecular weight excluding hydrogens is 369 g/mol. The topological polar surface area (TPSA) is 56.1 Å². The van der Waals surface area contributed by atoms with Crippen molar-refractivity contribution in [3.05, 3.63) is 70.3 Å². The molecule has 1 heterocycles. The third kappa shape index (κ3) is 3.62. The third-order valence-electron chi connectivity index (χ3n) is 5.40. The molecule has 3 aromatic rings. The van der Waals surface area contributed by atoms with Gasteiger partial charge >= 0.3 is 0 Å². The summed E-state index contributed by atoms with van der Waals surface area (Å²) in [5.74, 6) is 0.0364. The third-order valence-corrected chi connectivity index (χ3v) is 5.40. The van der Waals surface area contributed by atoms with Crippen molar-refractivity contribution in [3.63, 3.8) is 0 Å². The van der Waals surface area contributed by atoms with E-state index in [2.05, 4.69) is 10.4 Å². The fourth-order valence-electron chi connectivity index (χ4n) is 3.81. The van der Waals surface area contributed by atoms with Crippen molar-refractivity contribution in [2.75, 3.05) is 12.4 Å². The van der Waals surface area contributed by atoms with Gasteiger partial charge in [0, 0.05) is 11.3 Å². The van der Waals surface area contributed by atoms with Crippen molar-refractivity contribution in [1.82, 2.24) is 9.78 Å². The van der Waals surface area contributed by atoms with Crippen LogP contribution in [0.15, 0.2) is 36.4 Å². The molecule has 4 rings (SSSR count). The van der Waals surface area contributed by atoms with Gasteiger partial charge in [-0.15, -0.1) is 0 Å². The first-order valence-corrected chi connectivity index (χ1v) is 9.81. The number of halogens is 1. The van der Waals surface area contributed by atoms with Gasteiger partial charge in [-0.05, 0) is 74.9 Å². The molecule has 0 atom stereocenters. The summed E-state index contributed by atoms with van der Waals surface area (Å²) in [7, 11) is 1.57. The second-order valence-electron chi connectivity index (χ2n) is 7.48. The molecule has 29 heavy (non-hydrogen) atoms. The van der Waals surface area contributed by atoms with E-state index >= 15 is 0 Å². The van der Waals surface area contributed by atoms with Gasteiger partial charge in [0.2, 0.25) is 0 Å². The van der Waals surface area contributed by atoms with Gasteiger partial charge in [0.15, 0.2) is 5.69 Å². The fourth-order valence-corrected chi connectivity index (χ4v) is 3.81. The highest BCUT2D eigenvalue weighted by Gasteiger charge is 2.26. The monoisotopic (exact) mass is 393 g/mol. The van der Waals surface area contributed by atoms with Crippen molar-refractivity contribution < 1.29 is 13.9 Å². The number of carbonyl (C=O) groups excluding carboxylic acids is 1. The number of benzene rings is 2. The Morgan fingerprint density at radius 3 is 2.69 bits per heavy atom. The molecule has 1 aliphatic carbocycles. The first-order chi connectivity index (χ1) is 14.0. The molecule has 1 aliphatic rings. The lowest BCUT2D eigenvalue weighted by atomic mass is 9.95. The van der Waals surface area contributed by atoms with E-state index in [-0.39, 0.29) is 11.7 Å². The molecule has 0 fully saturated rings. The van der Waals surface area contributed by atoms with E-state index in [1.807, 2.05) is 31.2 Å². The molecule has 0 saturated heterocycles. The molecule has 150 valence electrons. The summed E-state index contributed by atoms with van der Waals surface area (Å²) in [6.07, 6.45) is 3.64.